The van der Waals surface area contributed by atoms with Gasteiger partial charge < -0.3 is 5.11 Å². The van der Waals surface area contributed by atoms with E-state index in [1.807, 2.05) is 13.8 Å². The first-order valence-corrected chi connectivity index (χ1v) is 3.92. The van der Waals surface area contributed by atoms with Gasteiger partial charge in [0.1, 0.15) is 0 Å². The predicted octanol–water partition coefficient (Wildman–Crippen LogP) is 2.36. The lowest BCUT2D eigenvalue weighted by Gasteiger charge is -2.14. The normalized spacial score (nSPS) is 16.4. The zero-order valence-corrected chi connectivity index (χ0v) is 7.22. The Bertz CT molecular complexity index is 105. The van der Waals surface area contributed by atoms with Gasteiger partial charge in [0.25, 0.3) is 0 Å². The molecule has 0 aromatic rings. The Morgan fingerprint density at radius 3 is 2.30 bits per heavy atom. The van der Waals surface area contributed by atoms with Crippen LogP contribution in [0.25, 0.3) is 0 Å². The van der Waals surface area contributed by atoms with Gasteiger partial charge in [0.05, 0.1) is 6.10 Å². The molecule has 1 nitrogen and oxygen atoms in total. The molecule has 0 heterocycles. The first-order chi connectivity index (χ1) is 4.57. The molecule has 60 valence electrons. The van der Waals surface area contributed by atoms with Crippen molar-refractivity contribution in [2.75, 3.05) is 0 Å². The molecule has 1 heteroatoms. The highest BCUT2D eigenvalue weighted by atomic mass is 16.3. The second kappa shape index (κ2) is 4.51. The van der Waals surface area contributed by atoms with Crippen LogP contribution in [0.3, 0.4) is 0 Å². The van der Waals surface area contributed by atoms with Gasteiger partial charge in [0.15, 0.2) is 0 Å². The molecule has 10 heavy (non-hydrogen) atoms. The molecule has 0 aliphatic heterocycles. The molecule has 0 saturated carbocycles. The molecule has 0 aromatic heterocycles. The molecule has 0 rings (SSSR count). The second-order valence-electron chi connectivity index (χ2n) is 3.03. The summed E-state index contributed by atoms with van der Waals surface area (Å²) in [7, 11) is 0. The maximum atomic E-state index is 9.12. The highest BCUT2D eigenvalue weighted by molar-refractivity contribution is 4.94. The van der Waals surface area contributed by atoms with Gasteiger partial charge in [-0.3, -0.25) is 0 Å². The van der Waals surface area contributed by atoms with Gasteiger partial charge in [-0.25, -0.2) is 0 Å². The van der Waals surface area contributed by atoms with E-state index in [0.717, 1.165) is 12.8 Å². The van der Waals surface area contributed by atoms with Gasteiger partial charge in [-0.15, -0.1) is 0 Å². The van der Waals surface area contributed by atoms with E-state index in [4.69, 9.17) is 5.11 Å². The summed E-state index contributed by atoms with van der Waals surface area (Å²) in [5, 5.41) is 9.12. The molecular weight excluding hydrogens is 124 g/mol. The summed E-state index contributed by atoms with van der Waals surface area (Å²) in [6.45, 7) is 9.85. The number of aliphatic hydroxyl groups is 1. The summed E-state index contributed by atoms with van der Waals surface area (Å²) in [6, 6.07) is 0. The molecule has 0 aliphatic carbocycles. The Balaban J connectivity index is 3.57. The summed E-state index contributed by atoms with van der Waals surface area (Å²) in [5.74, 6) is 0.354. The first-order valence-electron chi connectivity index (χ1n) is 3.92. The summed E-state index contributed by atoms with van der Waals surface area (Å²) in [6.07, 6.45) is 1.77. The van der Waals surface area contributed by atoms with Crippen LogP contribution in [0.15, 0.2) is 12.2 Å². The molecule has 2 atom stereocenters. The van der Waals surface area contributed by atoms with Crippen molar-refractivity contribution in [3.63, 3.8) is 0 Å². The van der Waals surface area contributed by atoms with Gasteiger partial charge in [-0.05, 0) is 25.7 Å². The largest absolute Gasteiger partial charge is 0.393 e. The first kappa shape index (κ1) is 9.70. The fraction of sp³-hybridized carbons (Fsp3) is 0.778. The minimum Gasteiger partial charge on any atom is -0.393 e. The number of allylic oxidation sites excluding steroid dienone is 1. The van der Waals surface area contributed by atoms with Crippen LogP contribution >= 0.6 is 0 Å². The molecule has 0 aliphatic rings. The van der Waals surface area contributed by atoms with Crippen LogP contribution in [0.5, 0.6) is 0 Å². The van der Waals surface area contributed by atoms with Crippen molar-refractivity contribution in [3.8, 4) is 0 Å². The molecule has 0 amide bonds. The van der Waals surface area contributed by atoms with Crippen LogP contribution in [0.1, 0.15) is 33.6 Å². The monoisotopic (exact) mass is 142 g/mol. The third-order valence-electron chi connectivity index (χ3n) is 1.93. The third-order valence-corrected chi connectivity index (χ3v) is 1.93. The standard InChI is InChI=1S/C9H18O/c1-5-7(2)6-8(3)9(4)10/h8-10H,2,5-6H2,1,3-4H3. The van der Waals surface area contributed by atoms with E-state index in [-0.39, 0.29) is 6.10 Å². The van der Waals surface area contributed by atoms with Crippen molar-refractivity contribution < 1.29 is 5.11 Å². The molecule has 0 bridgehead atoms. The second-order valence-corrected chi connectivity index (χ2v) is 3.03. The van der Waals surface area contributed by atoms with E-state index in [9.17, 15) is 0 Å². The van der Waals surface area contributed by atoms with Crippen LogP contribution in [0.2, 0.25) is 0 Å². The van der Waals surface area contributed by atoms with Crippen molar-refractivity contribution in [2.45, 2.75) is 39.7 Å². The van der Waals surface area contributed by atoms with E-state index in [1.54, 1.807) is 0 Å². The zero-order chi connectivity index (χ0) is 8.15. The van der Waals surface area contributed by atoms with E-state index in [2.05, 4.69) is 13.5 Å². The topological polar surface area (TPSA) is 20.2 Å². The minimum absolute atomic E-state index is 0.205. The van der Waals surface area contributed by atoms with E-state index >= 15 is 0 Å². The van der Waals surface area contributed by atoms with E-state index in [1.165, 1.54) is 5.57 Å². The highest BCUT2D eigenvalue weighted by Crippen LogP contribution is 2.15. The smallest absolute Gasteiger partial charge is 0.0540 e. The fourth-order valence-electron chi connectivity index (χ4n) is 0.770. The van der Waals surface area contributed by atoms with E-state index in [0.29, 0.717) is 5.92 Å². The van der Waals surface area contributed by atoms with Crippen molar-refractivity contribution in [1.82, 2.24) is 0 Å². The average molecular weight is 142 g/mol. The molecule has 1 N–H and O–H groups in total. The zero-order valence-electron chi connectivity index (χ0n) is 7.22. The van der Waals surface area contributed by atoms with Crippen molar-refractivity contribution in [1.29, 1.82) is 0 Å². The number of aliphatic hydroxyl groups excluding tert-OH is 1. The van der Waals surface area contributed by atoms with Crippen LogP contribution in [0.4, 0.5) is 0 Å². The van der Waals surface area contributed by atoms with Crippen LogP contribution in [-0.4, -0.2) is 11.2 Å². The molecule has 0 saturated heterocycles. The lowest BCUT2D eigenvalue weighted by molar-refractivity contribution is 0.135. The van der Waals surface area contributed by atoms with Gasteiger partial charge in [-0.1, -0.05) is 26.0 Å². The molecule has 0 aromatic carbocycles. The molecule has 0 fully saturated rings. The van der Waals surface area contributed by atoms with Crippen molar-refractivity contribution >= 4 is 0 Å². The van der Waals surface area contributed by atoms with Crippen LogP contribution in [-0.2, 0) is 0 Å². The van der Waals surface area contributed by atoms with Gasteiger partial charge in [-0.2, -0.15) is 0 Å². The lowest BCUT2D eigenvalue weighted by atomic mass is 9.96. The summed E-state index contributed by atoms with van der Waals surface area (Å²) < 4.78 is 0. The minimum atomic E-state index is -0.205. The Morgan fingerprint density at radius 1 is 1.50 bits per heavy atom. The SMILES string of the molecule is C=C(CC)CC(C)C(C)O. The highest BCUT2D eigenvalue weighted by Gasteiger charge is 2.08. The fourth-order valence-corrected chi connectivity index (χ4v) is 0.770. The van der Waals surface area contributed by atoms with Gasteiger partial charge in [0.2, 0.25) is 0 Å². The van der Waals surface area contributed by atoms with E-state index < -0.39 is 0 Å². The Labute approximate surface area is 63.8 Å². The summed E-state index contributed by atoms with van der Waals surface area (Å²) in [4.78, 5) is 0. The van der Waals surface area contributed by atoms with Crippen LogP contribution in [0, 0.1) is 5.92 Å². The Morgan fingerprint density at radius 2 is 2.00 bits per heavy atom. The lowest BCUT2D eigenvalue weighted by Crippen LogP contribution is -2.13. The van der Waals surface area contributed by atoms with Gasteiger partial charge in [0, 0.05) is 0 Å². The maximum absolute atomic E-state index is 9.12. The molecule has 0 spiro atoms. The van der Waals surface area contributed by atoms with Crippen molar-refractivity contribution in [2.24, 2.45) is 5.92 Å². The number of hydrogen-bond donors (Lipinski definition) is 1. The molecule has 2 unspecified atom stereocenters. The van der Waals surface area contributed by atoms with Gasteiger partial charge >= 0.3 is 0 Å². The molecular formula is C9H18O. The number of hydrogen-bond acceptors (Lipinski definition) is 1. The summed E-state index contributed by atoms with van der Waals surface area (Å²) >= 11 is 0. The quantitative estimate of drug-likeness (QED) is 0.597. The Kier molecular flexibility index (Phi) is 4.37. The average Bonchev–Trinajstić information content (AvgIpc) is 1.87. The summed E-state index contributed by atoms with van der Waals surface area (Å²) in [5.41, 5.74) is 1.23. The Hall–Kier alpha value is -0.300. The van der Waals surface area contributed by atoms with Crippen LogP contribution < -0.4 is 0 Å². The third kappa shape index (κ3) is 3.67. The van der Waals surface area contributed by atoms with Crippen molar-refractivity contribution in [3.05, 3.63) is 12.2 Å². The molecule has 0 radical (unpaired) electrons. The maximum Gasteiger partial charge on any atom is 0.0540 e. The predicted molar refractivity (Wildman–Crippen MR) is 44.9 cm³/mol. The number of rotatable bonds is 4.